The van der Waals surface area contributed by atoms with Crippen molar-refractivity contribution >= 4 is 27.5 Å². The van der Waals surface area contributed by atoms with E-state index in [0.717, 1.165) is 21.6 Å². The van der Waals surface area contributed by atoms with Crippen molar-refractivity contribution in [2.24, 2.45) is 5.41 Å². The number of thiazole rings is 1. The maximum absolute atomic E-state index is 10.5. The van der Waals surface area contributed by atoms with Crippen LogP contribution in [0.2, 0.25) is 0 Å². The Labute approximate surface area is 122 Å². The highest BCUT2D eigenvalue weighted by molar-refractivity contribution is 7.18. The number of hydrogen-bond donors (Lipinski definition) is 1. The topological polar surface area (TPSA) is 59.4 Å². The van der Waals surface area contributed by atoms with E-state index in [1.807, 2.05) is 18.2 Å². The number of benzene rings is 1. The summed E-state index contributed by atoms with van der Waals surface area (Å²) in [5.74, 6) is -0.152. The number of aliphatic carboxylic acids is 1. The van der Waals surface area contributed by atoms with E-state index in [2.05, 4.69) is 25.8 Å². The van der Waals surface area contributed by atoms with Crippen molar-refractivity contribution < 1.29 is 14.6 Å². The van der Waals surface area contributed by atoms with Crippen LogP contribution < -0.4 is 4.74 Å². The van der Waals surface area contributed by atoms with E-state index >= 15 is 0 Å². The maximum atomic E-state index is 10.5. The van der Waals surface area contributed by atoms with Crippen molar-refractivity contribution in [2.45, 2.75) is 33.6 Å². The zero-order valence-corrected chi connectivity index (χ0v) is 12.8. The molecule has 0 aliphatic carbocycles. The van der Waals surface area contributed by atoms with Gasteiger partial charge in [0.2, 0.25) is 0 Å². The van der Waals surface area contributed by atoms with E-state index in [4.69, 9.17) is 9.84 Å². The molecule has 0 saturated heterocycles. The van der Waals surface area contributed by atoms with E-state index < -0.39 is 5.97 Å². The molecule has 0 atom stereocenters. The van der Waals surface area contributed by atoms with Crippen molar-refractivity contribution in [1.82, 2.24) is 4.98 Å². The minimum atomic E-state index is -0.851. The predicted octanol–water partition coefficient (Wildman–Crippen LogP) is 3.74. The maximum Gasteiger partial charge on any atom is 0.306 e. The molecule has 2 aromatic rings. The van der Waals surface area contributed by atoms with Gasteiger partial charge in [-0.15, -0.1) is 11.3 Å². The standard InChI is InChI=1S/C15H19NO3S/c1-15(2,3)9-13-16-11-5-4-10(8-12(11)20-13)19-7-6-14(17)18/h4-5,8H,6-7,9H2,1-3H3,(H,17,18). The minimum Gasteiger partial charge on any atom is -0.493 e. The summed E-state index contributed by atoms with van der Waals surface area (Å²) in [5, 5.41) is 9.71. The van der Waals surface area contributed by atoms with Crippen LogP contribution >= 0.6 is 11.3 Å². The van der Waals surface area contributed by atoms with E-state index in [1.165, 1.54) is 0 Å². The van der Waals surface area contributed by atoms with Crippen molar-refractivity contribution in [2.75, 3.05) is 6.61 Å². The van der Waals surface area contributed by atoms with E-state index in [0.29, 0.717) is 5.75 Å². The number of rotatable bonds is 5. The molecule has 0 spiro atoms. The fourth-order valence-corrected chi connectivity index (χ4v) is 3.12. The van der Waals surface area contributed by atoms with Crippen LogP contribution in [0.4, 0.5) is 0 Å². The number of ether oxygens (including phenoxy) is 1. The molecular formula is C15H19NO3S. The molecule has 5 heteroatoms. The smallest absolute Gasteiger partial charge is 0.306 e. The highest BCUT2D eigenvalue weighted by atomic mass is 32.1. The summed E-state index contributed by atoms with van der Waals surface area (Å²) < 4.78 is 6.51. The SMILES string of the molecule is CC(C)(C)Cc1nc2ccc(OCCC(=O)O)cc2s1. The van der Waals surface area contributed by atoms with Crippen LogP contribution in [0, 0.1) is 5.41 Å². The van der Waals surface area contributed by atoms with Crippen molar-refractivity contribution in [3.63, 3.8) is 0 Å². The lowest BCUT2D eigenvalue weighted by Gasteiger charge is -2.15. The lowest BCUT2D eigenvalue weighted by Crippen LogP contribution is -2.08. The van der Waals surface area contributed by atoms with E-state index in [-0.39, 0.29) is 18.4 Å². The van der Waals surface area contributed by atoms with Crippen LogP contribution in [0.15, 0.2) is 18.2 Å². The minimum absolute atomic E-state index is 0.00992. The second-order valence-corrected chi connectivity index (χ2v) is 7.08. The molecule has 4 nitrogen and oxygen atoms in total. The average molecular weight is 293 g/mol. The number of carboxylic acid groups (broad SMARTS) is 1. The normalized spacial score (nSPS) is 11.8. The van der Waals surface area contributed by atoms with Crippen LogP contribution in [-0.2, 0) is 11.2 Å². The molecule has 0 aliphatic rings. The van der Waals surface area contributed by atoms with Crippen LogP contribution in [0.5, 0.6) is 5.75 Å². The van der Waals surface area contributed by atoms with Gasteiger partial charge in [-0.1, -0.05) is 20.8 Å². The Bertz CT molecular complexity index is 613. The number of hydrogen-bond acceptors (Lipinski definition) is 4. The predicted molar refractivity (Wildman–Crippen MR) is 80.5 cm³/mol. The first-order valence-electron chi connectivity index (χ1n) is 6.57. The molecule has 1 N–H and O–H groups in total. The molecule has 2 rings (SSSR count). The van der Waals surface area contributed by atoms with Gasteiger partial charge < -0.3 is 9.84 Å². The number of carboxylic acids is 1. The third-order valence-corrected chi connectivity index (χ3v) is 3.69. The first-order chi connectivity index (χ1) is 9.33. The van der Waals surface area contributed by atoms with E-state index in [9.17, 15) is 4.79 Å². The molecule has 0 bridgehead atoms. The second-order valence-electron chi connectivity index (χ2n) is 5.97. The number of fused-ring (bicyclic) bond motifs is 1. The monoisotopic (exact) mass is 293 g/mol. The molecule has 0 radical (unpaired) electrons. The molecule has 0 aliphatic heterocycles. The molecule has 0 fully saturated rings. The van der Waals surface area contributed by atoms with Gasteiger partial charge in [0.25, 0.3) is 0 Å². The lowest BCUT2D eigenvalue weighted by molar-refractivity contribution is -0.137. The van der Waals surface area contributed by atoms with Crippen LogP contribution in [0.3, 0.4) is 0 Å². The Morgan fingerprint density at radius 2 is 2.15 bits per heavy atom. The van der Waals surface area contributed by atoms with Crippen LogP contribution in [0.1, 0.15) is 32.2 Å². The lowest BCUT2D eigenvalue weighted by atomic mass is 9.93. The molecule has 108 valence electrons. The summed E-state index contributed by atoms with van der Waals surface area (Å²) in [6, 6.07) is 5.69. The Hall–Kier alpha value is -1.62. The van der Waals surface area contributed by atoms with Crippen molar-refractivity contribution in [3.8, 4) is 5.75 Å². The number of aromatic nitrogens is 1. The van der Waals surface area contributed by atoms with Crippen LogP contribution in [0.25, 0.3) is 10.2 Å². The Morgan fingerprint density at radius 3 is 2.80 bits per heavy atom. The Morgan fingerprint density at radius 1 is 1.40 bits per heavy atom. The fourth-order valence-electron chi connectivity index (χ4n) is 1.83. The summed E-state index contributed by atoms with van der Waals surface area (Å²) in [5.41, 5.74) is 1.19. The zero-order valence-electron chi connectivity index (χ0n) is 12.0. The van der Waals surface area contributed by atoms with Gasteiger partial charge in [-0.2, -0.15) is 0 Å². The quantitative estimate of drug-likeness (QED) is 0.912. The van der Waals surface area contributed by atoms with Crippen molar-refractivity contribution in [1.29, 1.82) is 0 Å². The molecule has 1 heterocycles. The van der Waals surface area contributed by atoms with Gasteiger partial charge in [0.15, 0.2) is 0 Å². The average Bonchev–Trinajstić information content (AvgIpc) is 2.67. The molecule has 1 aromatic heterocycles. The molecular weight excluding hydrogens is 274 g/mol. The second kappa shape index (κ2) is 5.79. The first-order valence-corrected chi connectivity index (χ1v) is 7.39. The number of carbonyl (C=O) groups is 1. The van der Waals surface area contributed by atoms with Gasteiger partial charge in [-0.05, 0) is 23.6 Å². The molecule has 20 heavy (non-hydrogen) atoms. The zero-order chi connectivity index (χ0) is 14.8. The van der Waals surface area contributed by atoms with Gasteiger partial charge in [0.05, 0.1) is 28.3 Å². The summed E-state index contributed by atoms with van der Waals surface area (Å²) in [6.45, 7) is 6.77. The molecule has 0 saturated carbocycles. The summed E-state index contributed by atoms with van der Waals surface area (Å²) in [6.07, 6.45) is 0.956. The van der Waals surface area contributed by atoms with Crippen LogP contribution in [-0.4, -0.2) is 22.7 Å². The van der Waals surface area contributed by atoms with Gasteiger partial charge in [0.1, 0.15) is 5.75 Å². The summed E-state index contributed by atoms with van der Waals surface area (Å²) >= 11 is 1.67. The van der Waals surface area contributed by atoms with Crippen molar-refractivity contribution in [3.05, 3.63) is 23.2 Å². The Kier molecular flexibility index (Phi) is 4.28. The highest BCUT2D eigenvalue weighted by Crippen LogP contribution is 2.30. The fraction of sp³-hybridized carbons (Fsp3) is 0.467. The number of nitrogens with zero attached hydrogens (tertiary/aromatic N) is 1. The van der Waals surface area contributed by atoms with Gasteiger partial charge in [0, 0.05) is 6.42 Å². The van der Waals surface area contributed by atoms with Gasteiger partial charge >= 0.3 is 5.97 Å². The highest BCUT2D eigenvalue weighted by Gasteiger charge is 2.15. The summed E-state index contributed by atoms with van der Waals surface area (Å²) in [7, 11) is 0. The van der Waals surface area contributed by atoms with Gasteiger partial charge in [-0.3, -0.25) is 4.79 Å². The Balaban J connectivity index is 2.11. The largest absolute Gasteiger partial charge is 0.493 e. The van der Waals surface area contributed by atoms with E-state index in [1.54, 1.807) is 11.3 Å². The molecule has 0 amide bonds. The molecule has 0 unspecified atom stereocenters. The summed E-state index contributed by atoms with van der Waals surface area (Å²) in [4.78, 5) is 15.1. The van der Waals surface area contributed by atoms with Gasteiger partial charge in [-0.25, -0.2) is 4.98 Å². The molecule has 1 aromatic carbocycles. The third-order valence-electron chi connectivity index (χ3n) is 2.67. The first kappa shape index (κ1) is 14.8. The third kappa shape index (κ3) is 4.20.